The first kappa shape index (κ1) is 21.7. The van der Waals surface area contributed by atoms with Gasteiger partial charge in [0.2, 0.25) is 0 Å². The third kappa shape index (κ3) is 5.55. The maximum Gasteiger partial charge on any atom is 0.169 e. The number of hydrogen-bond acceptors (Lipinski definition) is 6. The van der Waals surface area contributed by atoms with Crippen LogP contribution in [-0.2, 0) is 10.8 Å². The number of rotatable bonds is 4. The molecule has 0 saturated heterocycles. The van der Waals surface area contributed by atoms with Gasteiger partial charge in [-0.3, -0.25) is 0 Å². The third-order valence-electron chi connectivity index (χ3n) is 4.08. The fourth-order valence-electron chi connectivity index (χ4n) is 2.55. The Morgan fingerprint density at radius 3 is 1.16 bits per heavy atom. The minimum absolute atomic E-state index is 0.0379. The number of aromatic hydroxyl groups is 4. The molecular weight excluding hydrogens is 416 g/mol. The molecule has 0 aliphatic carbocycles. The number of ether oxygens (including phenoxy) is 1. The normalized spacial score (nSPS) is 10.2. The first-order valence-electron chi connectivity index (χ1n) is 9.19. The van der Waals surface area contributed by atoms with Crippen molar-refractivity contribution >= 4 is 10.8 Å². The molecule has 0 aromatic heterocycles. The van der Waals surface area contributed by atoms with Crippen LogP contribution in [0.4, 0.5) is 0 Å². The highest BCUT2D eigenvalue weighted by molar-refractivity contribution is 7.85. The first-order chi connectivity index (χ1) is 15.0. The smallest absolute Gasteiger partial charge is 0.169 e. The lowest BCUT2D eigenvalue weighted by Crippen LogP contribution is -1.93. The van der Waals surface area contributed by atoms with Crippen molar-refractivity contribution in [3.8, 4) is 34.5 Å². The van der Waals surface area contributed by atoms with Gasteiger partial charge in [0, 0.05) is 0 Å². The molecule has 0 saturated carbocycles. The molecule has 0 bridgehead atoms. The van der Waals surface area contributed by atoms with Gasteiger partial charge >= 0.3 is 0 Å². The SMILES string of the molecule is O=S(c1ccccc1O)c1ccccc1O.Oc1ccccc1Oc1ccccc1O. The Labute approximate surface area is 181 Å². The average molecular weight is 436 g/mol. The lowest BCUT2D eigenvalue weighted by molar-refractivity contribution is 0.385. The van der Waals surface area contributed by atoms with E-state index < -0.39 is 10.8 Å². The van der Waals surface area contributed by atoms with Crippen molar-refractivity contribution in [2.75, 3.05) is 0 Å². The first-order valence-corrected chi connectivity index (χ1v) is 10.3. The predicted octanol–water partition coefficient (Wildman–Crippen LogP) is 5.15. The second kappa shape index (κ2) is 10.2. The van der Waals surface area contributed by atoms with Crippen LogP contribution in [0.15, 0.2) is 107 Å². The van der Waals surface area contributed by atoms with E-state index in [1.54, 1.807) is 72.8 Å². The molecule has 6 nitrogen and oxygen atoms in total. The highest BCUT2D eigenvalue weighted by Crippen LogP contribution is 2.34. The Hall–Kier alpha value is -3.97. The van der Waals surface area contributed by atoms with Crippen LogP contribution in [0.2, 0.25) is 0 Å². The summed E-state index contributed by atoms with van der Waals surface area (Å²) in [4.78, 5) is 0.591. The predicted molar refractivity (Wildman–Crippen MR) is 117 cm³/mol. The summed E-state index contributed by atoms with van der Waals surface area (Å²) in [6, 6.07) is 25.9. The maximum atomic E-state index is 12.1. The van der Waals surface area contributed by atoms with Gasteiger partial charge < -0.3 is 25.2 Å². The topological polar surface area (TPSA) is 107 Å². The van der Waals surface area contributed by atoms with Gasteiger partial charge in [-0.05, 0) is 48.5 Å². The van der Waals surface area contributed by atoms with Gasteiger partial charge in [-0.1, -0.05) is 48.5 Å². The second-order valence-corrected chi connectivity index (χ2v) is 7.66. The molecule has 0 aliphatic heterocycles. The zero-order valence-corrected chi connectivity index (χ0v) is 17.1. The molecule has 0 radical (unpaired) electrons. The van der Waals surface area contributed by atoms with Crippen molar-refractivity contribution in [1.29, 1.82) is 0 Å². The number of benzene rings is 4. The monoisotopic (exact) mass is 436 g/mol. The summed E-state index contributed by atoms with van der Waals surface area (Å²) in [7, 11) is -1.57. The summed E-state index contributed by atoms with van der Waals surface area (Å²) < 4.78 is 17.4. The highest BCUT2D eigenvalue weighted by Gasteiger charge is 2.14. The number of phenolic OH excluding ortho intramolecular Hbond substituents is 4. The van der Waals surface area contributed by atoms with Crippen molar-refractivity contribution in [2.45, 2.75) is 9.79 Å². The van der Waals surface area contributed by atoms with Crippen molar-refractivity contribution < 1.29 is 29.4 Å². The van der Waals surface area contributed by atoms with Crippen LogP contribution in [0.25, 0.3) is 0 Å². The zero-order valence-electron chi connectivity index (χ0n) is 16.3. The van der Waals surface area contributed by atoms with E-state index in [0.717, 1.165) is 0 Å². The summed E-state index contributed by atoms with van der Waals surface area (Å²) in [6.45, 7) is 0. The molecule has 4 rings (SSSR count). The third-order valence-corrected chi connectivity index (χ3v) is 5.57. The molecule has 0 amide bonds. The van der Waals surface area contributed by atoms with Crippen molar-refractivity contribution in [3.63, 3.8) is 0 Å². The Bertz CT molecular complexity index is 1100. The molecule has 31 heavy (non-hydrogen) atoms. The number of hydrogen-bond donors (Lipinski definition) is 4. The summed E-state index contributed by atoms with van der Waals surface area (Å²) in [5.41, 5.74) is 0. The van der Waals surface area contributed by atoms with Crippen LogP contribution in [0.3, 0.4) is 0 Å². The summed E-state index contributed by atoms with van der Waals surface area (Å²) in [5, 5.41) is 38.0. The van der Waals surface area contributed by atoms with Crippen molar-refractivity contribution in [2.24, 2.45) is 0 Å². The van der Waals surface area contributed by atoms with E-state index in [4.69, 9.17) is 4.74 Å². The largest absolute Gasteiger partial charge is 0.507 e. The van der Waals surface area contributed by atoms with E-state index in [0.29, 0.717) is 21.3 Å². The van der Waals surface area contributed by atoms with Gasteiger partial charge in [0.05, 0.1) is 20.6 Å². The minimum atomic E-state index is -1.57. The Morgan fingerprint density at radius 2 is 0.806 bits per heavy atom. The molecular formula is C24H20O6S. The summed E-state index contributed by atoms with van der Waals surface area (Å²) in [6.07, 6.45) is 0. The van der Waals surface area contributed by atoms with Crippen LogP contribution in [-0.4, -0.2) is 24.6 Å². The molecule has 0 heterocycles. The molecule has 7 heteroatoms. The van der Waals surface area contributed by atoms with Crippen LogP contribution in [0.1, 0.15) is 0 Å². The van der Waals surface area contributed by atoms with Gasteiger partial charge in [0.1, 0.15) is 11.5 Å². The standard InChI is InChI=1S/C12H10O3S.C12H10O3/c13-9-5-1-3-7-11(9)16(15)12-8-4-2-6-10(12)14;13-9-5-1-3-7-11(9)15-12-8-4-2-6-10(12)14/h1-8,13-14H;1-8,13-14H. The zero-order chi connectivity index (χ0) is 22.2. The van der Waals surface area contributed by atoms with E-state index in [1.165, 1.54) is 24.3 Å². The molecule has 0 fully saturated rings. The lowest BCUT2D eigenvalue weighted by Gasteiger charge is -2.08. The van der Waals surface area contributed by atoms with Gasteiger partial charge in [-0.25, -0.2) is 4.21 Å². The van der Waals surface area contributed by atoms with E-state index >= 15 is 0 Å². The Morgan fingerprint density at radius 1 is 0.484 bits per heavy atom. The van der Waals surface area contributed by atoms with Crippen LogP contribution in [0, 0.1) is 0 Å². The molecule has 4 aromatic rings. The van der Waals surface area contributed by atoms with Gasteiger partial charge in [0.25, 0.3) is 0 Å². The van der Waals surface area contributed by atoms with E-state index in [9.17, 15) is 24.6 Å². The molecule has 0 aliphatic rings. The maximum absolute atomic E-state index is 12.1. The van der Waals surface area contributed by atoms with Crippen LogP contribution < -0.4 is 4.74 Å². The molecule has 4 N–H and O–H groups in total. The minimum Gasteiger partial charge on any atom is -0.507 e. The van der Waals surface area contributed by atoms with Crippen LogP contribution in [0.5, 0.6) is 34.5 Å². The molecule has 0 atom stereocenters. The fourth-order valence-corrected chi connectivity index (χ4v) is 3.71. The van der Waals surface area contributed by atoms with E-state index in [-0.39, 0.29) is 23.0 Å². The van der Waals surface area contributed by atoms with Gasteiger partial charge in [0.15, 0.2) is 23.0 Å². The van der Waals surface area contributed by atoms with E-state index in [1.807, 2.05) is 0 Å². The lowest BCUT2D eigenvalue weighted by atomic mass is 10.3. The van der Waals surface area contributed by atoms with Crippen LogP contribution >= 0.6 is 0 Å². The fraction of sp³-hybridized carbons (Fsp3) is 0. The average Bonchev–Trinajstić information content (AvgIpc) is 2.77. The van der Waals surface area contributed by atoms with Crippen molar-refractivity contribution in [3.05, 3.63) is 97.1 Å². The molecule has 4 aromatic carbocycles. The number of para-hydroxylation sites is 6. The molecule has 0 unspecified atom stereocenters. The van der Waals surface area contributed by atoms with E-state index in [2.05, 4.69) is 0 Å². The second-order valence-electron chi connectivity index (χ2n) is 6.24. The highest BCUT2D eigenvalue weighted by atomic mass is 32.2. The Balaban J connectivity index is 0.000000176. The number of phenols is 4. The Kier molecular flexibility index (Phi) is 7.13. The summed E-state index contributed by atoms with van der Waals surface area (Å²) >= 11 is 0. The van der Waals surface area contributed by atoms with Gasteiger partial charge in [-0.2, -0.15) is 0 Å². The van der Waals surface area contributed by atoms with Crippen molar-refractivity contribution in [1.82, 2.24) is 0 Å². The molecule has 158 valence electrons. The molecule has 0 spiro atoms. The summed E-state index contributed by atoms with van der Waals surface area (Å²) in [5.74, 6) is 0.646. The van der Waals surface area contributed by atoms with Gasteiger partial charge in [-0.15, -0.1) is 0 Å². The quantitative estimate of drug-likeness (QED) is 0.352.